The Morgan fingerprint density at radius 1 is 1.39 bits per heavy atom. The van der Waals surface area contributed by atoms with E-state index in [0.717, 1.165) is 41.4 Å². The third-order valence-corrected chi connectivity index (χ3v) is 5.87. The molecule has 2 aromatic rings. The predicted molar refractivity (Wildman–Crippen MR) is 123 cm³/mol. The highest BCUT2D eigenvalue weighted by Gasteiger charge is 2.32. The second-order valence-corrected chi connectivity index (χ2v) is 8.26. The third-order valence-electron chi connectivity index (χ3n) is 5.87. The molecule has 1 saturated carbocycles. The molecule has 1 saturated heterocycles. The predicted octanol–water partition coefficient (Wildman–Crippen LogP) is 2.74. The van der Waals surface area contributed by atoms with Crippen LogP contribution in [0.25, 0.3) is 6.08 Å². The lowest BCUT2D eigenvalue weighted by atomic mass is 10.1. The molecule has 8 nitrogen and oxygen atoms in total. The largest absolute Gasteiger partial charge is 0.396 e. The molecule has 0 radical (unpaired) electrons. The third kappa shape index (κ3) is 4.64. The van der Waals surface area contributed by atoms with E-state index in [0.29, 0.717) is 31.2 Å². The topological polar surface area (TPSA) is 108 Å². The number of amides is 1. The molecule has 2 fully saturated rings. The summed E-state index contributed by atoms with van der Waals surface area (Å²) in [6, 6.07) is 5.86. The van der Waals surface area contributed by atoms with Crippen molar-refractivity contribution < 1.29 is 9.90 Å². The average Bonchev–Trinajstić information content (AvgIpc) is 3.59. The highest BCUT2D eigenvalue weighted by Crippen LogP contribution is 2.45. The number of aliphatic hydroxyl groups excluding tert-OH is 1. The minimum atomic E-state index is -0.120. The summed E-state index contributed by atoms with van der Waals surface area (Å²) in [6.07, 6.45) is 5.88. The highest BCUT2D eigenvalue weighted by molar-refractivity contribution is 5.78. The van der Waals surface area contributed by atoms with E-state index in [1.165, 1.54) is 0 Å². The van der Waals surface area contributed by atoms with E-state index < -0.39 is 0 Å². The van der Waals surface area contributed by atoms with Crippen LogP contribution in [-0.2, 0) is 4.79 Å². The smallest absolute Gasteiger partial charge is 0.225 e. The van der Waals surface area contributed by atoms with Gasteiger partial charge in [-0.25, -0.2) is 4.98 Å². The van der Waals surface area contributed by atoms with E-state index in [2.05, 4.69) is 21.8 Å². The zero-order chi connectivity index (χ0) is 22.0. The van der Waals surface area contributed by atoms with Crippen molar-refractivity contribution >= 4 is 34.9 Å². The standard InChI is InChI=1S/C23H30N6O2/c1-3-17-12-18(6-8-25-17)26-20-13-19(24)23(27-22(20)16-4-5-16)28-9-10-29(15(2)14-28)21(31)7-11-30/h3,6,8,12-13,15-16,30H,1,4-5,7,9-11,14,24H2,2H3,(H,25,26)/t15-/m1/s1. The Bertz CT molecular complexity index is 975. The number of nitrogens with zero attached hydrogens (tertiary/aromatic N) is 4. The SMILES string of the molecule is C=Cc1cc(Nc2cc(N)c(N3CCN(C(=O)CCO)[C@H](C)C3)nc2C2CC2)ccn1. The van der Waals surface area contributed by atoms with Gasteiger partial charge in [0.15, 0.2) is 5.82 Å². The quantitative estimate of drug-likeness (QED) is 0.630. The number of aromatic nitrogens is 2. The maximum atomic E-state index is 12.2. The molecule has 0 bridgehead atoms. The lowest BCUT2D eigenvalue weighted by molar-refractivity contribution is -0.134. The van der Waals surface area contributed by atoms with Crippen LogP contribution in [0, 0.1) is 0 Å². The van der Waals surface area contributed by atoms with Crippen LogP contribution in [0.4, 0.5) is 22.9 Å². The van der Waals surface area contributed by atoms with Crippen LogP contribution in [-0.4, -0.2) is 58.2 Å². The zero-order valence-electron chi connectivity index (χ0n) is 17.9. The number of rotatable bonds is 7. The van der Waals surface area contributed by atoms with E-state index in [1.54, 1.807) is 12.3 Å². The fourth-order valence-electron chi connectivity index (χ4n) is 4.11. The van der Waals surface area contributed by atoms with Gasteiger partial charge >= 0.3 is 0 Å². The van der Waals surface area contributed by atoms with Crippen LogP contribution in [0.5, 0.6) is 0 Å². The van der Waals surface area contributed by atoms with Crippen LogP contribution in [0.15, 0.2) is 31.0 Å². The van der Waals surface area contributed by atoms with Crippen LogP contribution < -0.4 is 16.0 Å². The van der Waals surface area contributed by atoms with Gasteiger partial charge in [-0.1, -0.05) is 6.58 Å². The summed E-state index contributed by atoms with van der Waals surface area (Å²) in [7, 11) is 0. The summed E-state index contributed by atoms with van der Waals surface area (Å²) in [4.78, 5) is 25.5. The molecule has 1 amide bonds. The fraction of sp³-hybridized carbons (Fsp3) is 0.435. The molecule has 8 heteroatoms. The molecule has 0 aromatic carbocycles. The summed E-state index contributed by atoms with van der Waals surface area (Å²) in [5, 5.41) is 12.5. The number of pyridine rings is 2. The maximum absolute atomic E-state index is 12.2. The van der Waals surface area contributed by atoms with Crippen molar-refractivity contribution in [3.8, 4) is 0 Å². The monoisotopic (exact) mass is 422 g/mol. The van der Waals surface area contributed by atoms with Gasteiger partial charge in [0, 0.05) is 49.9 Å². The Morgan fingerprint density at radius 3 is 2.87 bits per heavy atom. The highest BCUT2D eigenvalue weighted by atomic mass is 16.3. The molecule has 2 aliphatic rings. The molecule has 31 heavy (non-hydrogen) atoms. The van der Waals surface area contributed by atoms with Crippen molar-refractivity contribution in [1.82, 2.24) is 14.9 Å². The molecule has 4 N–H and O–H groups in total. The summed E-state index contributed by atoms with van der Waals surface area (Å²) in [6.45, 7) is 7.62. The average molecular weight is 423 g/mol. The minimum absolute atomic E-state index is 0.00922. The summed E-state index contributed by atoms with van der Waals surface area (Å²) >= 11 is 0. The fourth-order valence-corrected chi connectivity index (χ4v) is 4.11. The van der Waals surface area contributed by atoms with Gasteiger partial charge in [-0.05, 0) is 44.0 Å². The van der Waals surface area contributed by atoms with Gasteiger partial charge in [0.25, 0.3) is 0 Å². The number of aliphatic hydroxyl groups is 1. The van der Waals surface area contributed by atoms with Gasteiger partial charge < -0.3 is 26.0 Å². The second kappa shape index (κ2) is 8.93. The van der Waals surface area contributed by atoms with Gasteiger partial charge in [0.05, 0.1) is 29.4 Å². The number of carbonyl (C=O) groups is 1. The lowest BCUT2D eigenvalue weighted by Gasteiger charge is -2.41. The minimum Gasteiger partial charge on any atom is -0.396 e. The summed E-state index contributed by atoms with van der Waals surface area (Å²) in [5.74, 6) is 1.22. The van der Waals surface area contributed by atoms with Crippen LogP contribution in [0.1, 0.15) is 43.5 Å². The summed E-state index contributed by atoms with van der Waals surface area (Å²) < 4.78 is 0. The van der Waals surface area contributed by atoms with Gasteiger partial charge in [0.2, 0.25) is 5.91 Å². The second-order valence-electron chi connectivity index (χ2n) is 8.26. The number of carbonyl (C=O) groups excluding carboxylic acids is 1. The molecule has 2 aromatic heterocycles. The maximum Gasteiger partial charge on any atom is 0.225 e. The zero-order valence-corrected chi connectivity index (χ0v) is 17.9. The normalized spacial score (nSPS) is 18.7. The Hall–Kier alpha value is -3.13. The number of nitrogen functional groups attached to an aromatic ring is 1. The van der Waals surface area contributed by atoms with Crippen LogP contribution in [0.2, 0.25) is 0 Å². The molecular formula is C23H30N6O2. The van der Waals surface area contributed by atoms with E-state index >= 15 is 0 Å². The van der Waals surface area contributed by atoms with Gasteiger partial charge in [-0.2, -0.15) is 0 Å². The first kappa shape index (κ1) is 21.1. The van der Waals surface area contributed by atoms with Crippen molar-refractivity contribution in [2.75, 3.05) is 42.2 Å². The van der Waals surface area contributed by atoms with Gasteiger partial charge in [-0.3, -0.25) is 9.78 Å². The number of nitrogens with two attached hydrogens (primary N) is 1. The van der Waals surface area contributed by atoms with E-state index in [9.17, 15) is 4.79 Å². The van der Waals surface area contributed by atoms with E-state index in [-0.39, 0.29) is 25.0 Å². The molecule has 0 spiro atoms. The molecule has 164 valence electrons. The van der Waals surface area contributed by atoms with E-state index in [4.69, 9.17) is 15.8 Å². The van der Waals surface area contributed by atoms with Crippen LogP contribution in [0.3, 0.4) is 0 Å². The molecule has 1 aliphatic heterocycles. The van der Waals surface area contributed by atoms with Crippen molar-refractivity contribution in [3.63, 3.8) is 0 Å². The van der Waals surface area contributed by atoms with Gasteiger partial charge in [0.1, 0.15) is 0 Å². The Kier molecular flexibility index (Phi) is 6.08. The van der Waals surface area contributed by atoms with Crippen LogP contribution >= 0.6 is 0 Å². The molecule has 0 unspecified atom stereocenters. The first-order chi connectivity index (χ1) is 15.0. The molecule has 1 aliphatic carbocycles. The van der Waals surface area contributed by atoms with Crippen molar-refractivity contribution in [2.24, 2.45) is 0 Å². The summed E-state index contributed by atoms with van der Waals surface area (Å²) in [5.41, 5.74) is 10.8. The number of nitrogens with one attached hydrogen (secondary N) is 1. The van der Waals surface area contributed by atoms with E-state index in [1.807, 2.05) is 30.0 Å². The Morgan fingerprint density at radius 2 is 2.19 bits per heavy atom. The van der Waals surface area contributed by atoms with Crippen molar-refractivity contribution in [2.45, 2.75) is 38.1 Å². The lowest BCUT2D eigenvalue weighted by Crippen LogP contribution is -2.54. The molecule has 3 heterocycles. The number of hydrogen-bond acceptors (Lipinski definition) is 7. The Labute approximate surface area is 182 Å². The molecular weight excluding hydrogens is 392 g/mol. The number of anilines is 4. The first-order valence-electron chi connectivity index (χ1n) is 10.8. The number of piperazine rings is 1. The molecule has 4 rings (SSSR count). The Balaban J connectivity index is 1.57. The number of hydrogen-bond donors (Lipinski definition) is 3. The first-order valence-corrected chi connectivity index (χ1v) is 10.8. The van der Waals surface area contributed by atoms with Gasteiger partial charge in [-0.15, -0.1) is 0 Å². The molecule has 1 atom stereocenters. The van der Waals surface area contributed by atoms with Crippen molar-refractivity contribution in [3.05, 3.63) is 42.4 Å². The van der Waals surface area contributed by atoms with Crippen molar-refractivity contribution in [1.29, 1.82) is 0 Å².